The fourth-order valence-corrected chi connectivity index (χ4v) is 6.34. The van der Waals surface area contributed by atoms with Crippen molar-refractivity contribution in [2.45, 2.75) is 123 Å². The number of aliphatic hydroxyl groups excluding tert-OH is 2. The predicted molar refractivity (Wildman–Crippen MR) is 124 cm³/mol. The zero-order valence-corrected chi connectivity index (χ0v) is 20.1. The number of hydrogen-bond acceptors (Lipinski definition) is 3. The van der Waals surface area contributed by atoms with Gasteiger partial charge in [-0.05, 0) is 113 Å². The van der Waals surface area contributed by atoms with E-state index < -0.39 is 0 Å². The molecule has 2 rings (SSSR count). The Morgan fingerprint density at radius 2 is 1.48 bits per heavy atom. The minimum atomic E-state index is -0.214. The van der Waals surface area contributed by atoms with Crippen molar-refractivity contribution in [3.63, 3.8) is 0 Å². The van der Waals surface area contributed by atoms with Gasteiger partial charge in [-0.1, -0.05) is 27.7 Å². The summed E-state index contributed by atoms with van der Waals surface area (Å²) < 4.78 is 0. The first kappa shape index (κ1) is 25.1. The summed E-state index contributed by atoms with van der Waals surface area (Å²) in [5, 5.41) is 23.8. The van der Waals surface area contributed by atoms with Gasteiger partial charge in [-0.2, -0.15) is 0 Å². The summed E-state index contributed by atoms with van der Waals surface area (Å²) in [6.45, 7) is 12.6. The van der Waals surface area contributed by atoms with Gasteiger partial charge in [0, 0.05) is 12.6 Å². The smallest absolute Gasteiger partial charge is 0.0664 e. The predicted octanol–water partition coefficient (Wildman–Crippen LogP) is 5.78. The van der Waals surface area contributed by atoms with Crippen LogP contribution in [0.2, 0.25) is 0 Å². The monoisotopic (exact) mass is 409 g/mol. The maximum Gasteiger partial charge on any atom is 0.0664 e. The average Bonchev–Trinajstić information content (AvgIpc) is 2.65. The van der Waals surface area contributed by atoms with Crippen molar-refractivity contribution in [1.29, 1.82) is 0 Å². The van der Waals surface area contributed by atoms with Crippen LogP contribution in [0.3, 0.4) is 0 Å². The Morgan fingerprint density at radius 1 is 0.862 bits per heavy atom. The lowest BCUT2D eigenvalue weighted by Crippen LogP contribution is -2.41. The van der Waals surface area contributed by atoms with Crippen LogP contribution in [0.5, 0.6) is 0 Å². The lowest BCUT2D eigenvalue weighted by Gasteiger charge is -2.35. The van der Waals surface area contributed by atoms with Gasteiger partial charge < -0.3 is 15.5 Å². The van der Waals surface area contributed by atoms with E-state index >= 15 is 0 Å². The third kappa shape index (κ3) is 9.70. The van der Waals surface area contributed by atoms with Crippen molar-refractivity contribution in [3.8, 4) is 0 Å². The molecule has 2 saturated carbocycles. The van der Waals surface area contributed by atoms with Crippen molar-refractivity contribution in [2.24, 2.45) is 35.5 Å². The molecule has 0 saturated heterocycles. The molecule has 172 valence electrons. The largest absolute Gasteiger partial charge is 0.393 e. The fraction of sp³-hybridized carbons (Fsp3) is 1.00. The lowest BCUT2D eigenvalue weighted by atomic mass is 9.74. The van der Waals surface area contributed by atoms with Gasteiger partial charge in [0.1, 0.15) is 0 Å². The molecule has 29 heavy (non-hydrogen) atoms. The SMILES string of the molecule is CC1CC(C)CC(C(C)NCC(O)CC[C@H](C)CC(C)CC2CCC(O)CC2)C1. The number of aliphatic hydroxyl groups is 2. The molecular formula is C26H51NO2. The molecule has 2 aliphatic carbocycles. The second-order valence-electron chi connectivity index (χ2n) is 11.5. The van der Waals surface area contributed by atoms with E-state index in [0.717, 1.165) is 61.8 Å². The van der Waals surface area contributed by atoms with Crippen LogP contribution in [-0.2, 0) is 0 Å². The first-order chi connectivity index (χ1) is 13.7. The Labute approximate surface area is 181 Å². The Morgan fingerprint density at radius 3 is 2.10 bits per heavy atom. The van der Waals surface area contributed by atoms with Gasteiger partial charge in [0.25, 0.3) is 0 Å². The summed E-state index contributed by atoms with van der Waals surface area (Å²) in [6.07, 6.45) is 12.9. The molecule has 2 fully saturated rings. The molecule has 0 radical (unpaired) electrons. The van der Waals surface area contributed by atoms with Crippen molar-refractivity contribution in [3.05, 3.63) is 0 Å². The van der Waals surface area contributed by atoms with Crippen LogP contribution >= 0.6 is 0 Å². The standard InChI is InChI=1S/C26H51NO2/c1-18(12-19(2)14-23-7-10-25(28)11-8-23)6-9-26(29)17-27-22(5)24-15-20(3)13-21(4)16-24/h18-29H,6-17H2,1-5H3/t18-,19?,20?,21?,22?,23?,24?,25?,26?/m0/s1. The van der Waals surface area contributed by atoms with Gasteiger partial charge in [-0.3, -0.25) is 0 Å². The average molecular weight is 410 g/mol. The normalized spacial score (nSPS) is 35.1. The van der Waals surface area contributed by atoms with E-state index in [1.165, 1.54) is 44.9 Å². The minimum absolute atomic E-state index is 0.0387. The van der Waals surface area contributed by atoms with Gasteiger partial charge in [-0.25, -0.2) is 0 Å². The molecule has 0 bridgehead atoms. The first-order valence-corrected chi connectivity index (χ1v) is 12.8. The summed E-state index contributed by atoms with van der Waals surface area (Å²) in [5.41, 5.74) is 0. The first-order valence-electron chi connectivity index (χ1n) is 12.8. The molecule has 0 heterocycles. The molecule has 3 N–H and O–H groups in total. The molecule has 0 aromatic rings. The van der Waals surface area contributed by atoms with Crippen molar-refractivity contribution >= 4 is 0 Å². The maximum absolute atomic E-state index is 10.5. The molecule has 0 aromatic carbocycles. The van der Waals surface area contributed by atoms with E-state index in [2.05, 4.69) is 39.9 Å². The van der Waals surface area contributed by atoms with E-state index in [1.807, 2.05) is 0 Å². The molecule has 5 unspecified atom stereocenters. The van der Waals surface area contributed by atoms with Gasteiger partial charge in [0.05, 0.1) is 12.2 Å². The van der Waals surface area contributed by atoms with Crippen LogP contribution in [0.25, 0.3) is 0 Å². The van der Waals surface area contributed by atoms with Crippen molar-refractivity contribution in [1.82, 2.24) is 5.32 Å². The van der Waals surface area contributed by atoms with Crippen molar-refractivity contribution < 1.29 is 10.2 Å². The number of hydrogen-bond donors (Lipinski definition) is 3. The maximum atomic E-state index is 10.5. The molecule has 0 aromatic heterocycles. The summed E-state index contributed by atoms with van der Waals surface area (Å²) >= 11 is 0. The van der Waals surface area contributed by atoms with Crippen molar-refractivity contribution in [2.75, 3.05) is 6.54 Å². The highest BCUT2D eigenvalue weighted by atomic mass is 16.3. The zero-order chi connectivity index (χ0) is 21.4. The van der Waals surface area contributed by atoms with Crippen LogP contribution in [0, 0.1) is 35.5 Å². The summed E-state index contributed by atoms with van der Waals surface area (Å²) in [5.74, 6) is 4.73. The highest BCUT2D eigenvalue weighted by Crippen LogP contribution is 2.35. The highest BCUT2D eigenvalue weighted by Gasteiger charge is 2.28. The van der Waals surface area contributed by atoms with E-state index in [1.54, 1.807) is 0 Å². The summed E-state index contributed by atoms with van der Waals surface area (Å²) in [4.78, 5) is 0. The molecule has 2 aliphatic rings. The van der Waals surface area contributed by atoms with Gasteiger partial charge in [0.15, 0.2) is 0 Å². The van der Waals surface area contributed by atoms with Crippen LogP contribution in [0.15, 0.2) is 0 Å². The Bertz CT molecular complexity index is 424. The molecule has 3 nitrogen and oxygen atoms in total. The van der Waals surface area contributed by atoms with E-state index in [0.29, 0.717) is 12.0 Å². The van der Waals surface area contributed by atoms with Gasteiger partial charge in [0.2, 0.25) is 0 Å². The van der Waals surface area contributed by atoms with E-state index in [4.69, 9.17) is 0 Å². The molecule has 3 heteroatoms. The number of nitrogens with one attached hydrogen (secondary N) is 1. The third-order valence-corrected chi connectivity index (χ3v) is 7.95. The van der Waals surface area contributed by atoms with E-state index in [9.17, 15) is 10.2 Å². The topological polar surface area (TPSA) is 52.5 Å². The number of rotatable bonds is 11. The van der Waals surface area contributed by atoms with Crippen LogP contribution in [-0.4, -0.2) is 35.0 Å². The Kier molecular flexibility index (Phi) is 11.0. The summed E-state index contributed by atoms with van der Waals surface area (Å²) in [7, 11) is 0. The van der Waals surface area contributed by atoms with Crippen LogP contribution < -0.4 is 5.32 Å². The molecule has 0 spiro atoms. The molecule has 6 atom stereocenters. The van der Waals surface area contributed by atoms with Gasteiger partial charge >= 0.3 is 0 Å². The second-order valence-corrected chi connectivity index (χ2v) is 11.5. The fourth-order valence-electron chi connectivity index (χ4n) is 6.34. The molecule has 0 aliphatic heterocycles. The Balaban J connectivity index is 1.57. The Hall–Kier alpha value is -0.120. The third-order valence-electron chi connectivity index (χ3n) is 7.95. The molecular weight excluding hydrogens is 358 g/mol. The summed E-state index contributed by atoms with van der Waals surface area (Å²) in [6, 6.07) is 0.515. The molecule has 0 amide bonds. The van der Waals surface area contributed by atoms with E-state index in [-0.39, 0.29) is 12.2 Å². The quantitative estimate of drug-likeness (QED) is 0.405. The minimum Gasteiger partial charge on any atom is -0.393 e. The second kappa shape index (κ2) is 12.7. The van der Waals surface area contributed by atoms with Gasteiger partial charge in [-0.15, -0.1) is 0 Å². The lowest BCUT2D eigenvalue weighted by molar-refractivity contribution is 0.100. The highest BCUT2D eigenvalue weighted by molar-refractivity contribution is 4.82. The van der Waals surface area contributed by atoms with Crippen LogP contribution in [0.4, 0.5) is 0 Å². The zero-order valence-electron chi connectivity index (χ0n) is 20.1. The van der Waals surface area contributed by atoms with Crippen LogP contribution in [0.1, 0.15) is 105 Å².